The van der Waals surface area contributed by atoms with Crippen LogP contribution in [0.4, 0.5) is 5.69 Å². The second-order valence-electron chi connectivity index (χ2n) is 4.74. The van der Waals surface area contributed by atoms with Crippen molar-refractivity contribution in [3.63, 3.8) is 0 Å². The third kappa shape index (κ3) is 1.55. The highest BCUT2D eigenvalue weighted by Crippen LogP contribution is 2.44. The van der Waals surface area contributed by atoms with Gasteiger partial charge < -0.3 is 5.32 Å². The Morgan fingerprint density at radius 1 is 0.895 bits per heavy atom. The molecule has 3 nitrogen and oxygen atoms in total. The number of H-pyrrole nitrogens is 1. The Hall–Kier alpha value is -2.55. The van der Waals surface area contributed by atoms with Crippen molar-refractivity contribution in [1.29, 1.82) is 0 Å². The molecule has 2 aromatic carbocycles. The Morgan fingerprint density at radius 3 is 2.11 bits per heavy atom. The van der Waals surface area contributed by atoms with Crippen LogP contribution in [0.3, 0.4) is 0 Å². The van der Waals surface area contributed by atoms with E-state index in [1.54, 1.807) is 0 Å². The van der Waals surface area contributed by atoms with E-state index >= 15 is 0 Å². The number of nitrogens with one attached hydrogen (secondary N) is 2. The molecule has 0 saturated carbocycles. The molecule has 0 spiro atoms. The van der Waals surface area contributed by atoms with Crippen LogP contribution in [0, 0.1) is 0 Å². The quantitative estimate of drug-likeness (QED) is 0.726. The van der Waals surface area contributed by atoms with Gasteiger partial charge in [0.05, 0.1) is 17.9 Å². The number of benzene rings is 2. The molecule has 19 heavy (non-hydrogen) atoms. The van der Waals surface area contributed by atoms with Crippen molar-refractivity contribution in [1.82, 2.24) is 10.2 Å². The summed E-state index contributed by atoms with van der Waals surface area (Å²) in [6, 6.07) is 17.3. The van der Waals surface area contributed by atoms with Gasteiger partial charge in [0.2, 0.25) is 0 Å². The molecule has 0 saturated heterocycles. The van der Waals surface area contributed by atoms with Crippen LogP contribution >= 0.6 is 0 Å². The topological polar surface area (TPSA) is 40.7 Å². The van der Waals surface area contributed by atoms with Gasteiger partial charge in [0.1, 0.15) is 0 Å². The van der Waals surface area contributed by atoms with Crippen molar-refractivity contribution >= 4 is 5.69 Å². The Labute approximate surface area is 111 Å². The van der Waals surface area contributed by atoms with Gasteiger partial charge >= 0.3 is 0 Å². The van der Waals surface area contributed by atoms with Gasteiger partial charge in [-0.3, -0.25) is 5.10 Å². The summed E-state index contributed by atoms with van der Waals surface area (Å²) in [5.74, 6) is 0. The fraction of sp³-hybridized carbons (Fsp3) is 0.0625. The number of nitrogens with zero attached hydrogens (tertiary/aromatic N) is 1. The predicted octanol–water partition coefficient (Wildman–Crippen LogP) is 3.59. The molecule has 0 radical (unpaired) electrons. The lowest BCUT2D eigenvalue weighted by atomic mass is 10.1. The van der Waals surface area contributed by atoms with Crippen LogP contribution in [0.2, 0.25) is 0 Å². The lowest BCUT2D eigenvalue weighted by Crippen LogP contribution is -2.08. The van der Waals surface area contributed by atoms with Crippen molar-refractivity contribution in [2.75, 3.05) is 5.32 Å². The molecule has 1 aliphatic rings. The van der Waals surface area contributed by atoms with Gasteiger partial charge in [0.25, 0.3) is 0 Å². The summed E-state index contributed by atoms with van der Waals surface area (Å²) in [5.41, 5.74) is 6.30. The van der Waals surface area contributed by atoms with Crippen LogP contribution in [0.1, 0.15) is 17.2 Å². The van der Waals surface area contributed by atoms with Crippen molar-refractivity contribution in [3.8, 4) is 11.1 Å². The molecule has 1 heterocycles. The average molecular weight is 247 g/mol. The smallest absolute Gasteiger partial charge is 0.0780 e. The Bertz CT molecular complexity index is 671. The molecular weight excluding hydrogens is 234 g/mol. The van der Waals surface area contributed by atoms with E-state index in [9.17, 15) is 0 Å². The number of anilines is 1. The zero-order chi connectivity index (χ0) is 12.7. The molecule has 0 fully saturated rings. The van der Waals surface area contributed by atoms with E-state index < -0.39 is 0 Å². The minimum Gasteiger partial charge on any atom is -0.372 e. The van der Waals surface area contributed by atoms with Crippen molar-refractivity contribution in [2.45, 2.75) is 6.04 Å². The van der Waals surface area contributed by atoms with Gasteiger partial charge in [-0.05, 0) is 22.3 Å². The van der Waals surface area contributed by atoms with Gasteiger partial charge in [0.15, 0.2) is 0 Å². The Balaban J connectivity index is 1.86. The van der Waals surface area contributed by atoms with Crippen LogP contribution in [0.15, 0.2) is 60.9 Å². The summed E-state index contributed by atoms with van der Waals surface area (Å²) >= 11 is 0. The number of rotatable bonds is 2. The minimum absolute atomic E-state index is 0.199. The Kier molecular flexibility index (Phi) is 2.18. The first-order valence-corrected chi connectivity index (χ1v) is 6.37. The molecule has 0 unspecified atom stereocenters. The van der Waals surface area contributed by atoms with Crippen molar-refractivity contribution < 1.29 is 0 Å². The van der Waals surface area contributed by atoms with Crippen LogP contribution < -0.4 is 5.32 Å². The molecular formula is C16H13N3. The molecule has 0 atom stereocenters. The number of fused-ring (bicyclic) bond motifs is 3. The number of hydrogen-bond acceptors (Lipinski definition) is 2. The van der Waals surface area contributed by atoms with E-state index in [0.717, 1.165) is 5.69 Å². The molecule has 0 aliphatic heterocycles. The monoisotopic (exact) mass is 247 g/mol. The predicted molar refractivity (Wildman–Crippen MR) is 75.9 cm³/mol. The van der Waals surface area contributed by atoms with Crippen LogP contribution in [0.5, 0.6) is 0 Å². The first-order chi connectivity index (χ1) is 9.43. The van der Waals surface area contributed by atoms with E-state index in [1.807, 2.05) is 12.4 Å². The number of hydrogen-bond donors (Lipinski definition) is 2. The van der Waals surface area contributed by atoms with E-state index in [0.29, 0.717) is 0 Å². The highest BCUT2D eigenvalue weighted by molar-refractivity contribution is 5.79. The van der Waals surface area contributed by atoms with E-state index in [4.69, 9.17) is 0 Å². The van der Waals surface area contributed by atoms with Crippen molar-refractivity contribution in [2.24, 2.45) is 0 Å². The molecule has 1 aliphatic carbocycles. The second-order valence-corrected chi connectivity index (χ2v) is 4.74. The molecule has 0 amide bonds. The summed E-state index contributed by atoms with van der Waals surface area (Å²) in [7, 11) is 0. The van der Waals surface area contributed by atoms with Crippen LogP contribution in [0.25, 0.3) is 11.1 Å². The fourth-order valence-electron chi connectivity index (χ4n) is 2.81. The third-order valence-electron chi connectivity index (χ3n) is 3.64. The van der Waals surface area contributed by atoms with E-state index in [-0.39, 0.29) is 6.04 Å². The highest BCUT2D eigenvalue weighted by Gasteiger charge is 2.27. The lowest BCUT2D eigenvalue weighted by molar-refractivity contribution is 0.974. The van der Waals surface area contributed by atoms with Crippen LogP contribution in [-0.2, 0) is 0 Å². The normalized spacial score (nSPS) is 13.1. The minimum atomic E-state index is 0.199. The van der Waals surface area contributed by atoms with Gasteiger partial charge in [-0.25, -0.2) is 0 Å². The number of aromatic amines is 1. The fourth-order valence-corrected chi connectivity index (χ4v) is 2.81. The maximum atomic E-state index is 3.99. The van der Waals surface area contributed by atoms with Crippen molar-refractivity contribution in [3.05, 3.63) is 72.1 Å². The zero-order valence-electron chi connectivity index (χ0n) is 10.3. The summed E-state index contributed by atoms with van der Waals surface area (Å²) in [5, 5.41) is 10.4. The second kappa shape index (κ2) is 3.99. The maximum absolute atomic E-state index is 3.99. The molecule has 4 rings (SSSR count). The van der Waals surface area contributed by atoms with Gasteiger partial charge in [-0.1, -0.05) is 48.5 Å². The van der Waals surface area contributed by atoms with E-state index in [2.05, 4.69) is 64.0 Å². The number of aromatic nitrogens is 2. The zero-order valence-corrected chi connectivity index (χ0v) is 10.3. The van der Waals surface area contributed by atoms with Gasteiger partial charge in [-0.2, -0.15) is 5.10 Å². The summed E-state index contributed by atoms with van der Waals surface area (Å²) < 4.78 is 0. The third-order valence-corrected chi connectivity index (χ3v) is 3.64. The van der Waals surface area contributed by atoms with Crippen LogP contribution in [-0.4, -0.2) is 10.2 Å². The SMILES string of the molecule is c1ccc2c(c1)-c1ccccc1C2Nc1cn[nH]c1. The summed E-state index contributed by atoms with van der Waals surface area (Å²) in [6.45, 7) is 0. The molecule has 3 aromatic rings. The van der Waals surface area contributed by atoms with Gasteiger partial charge in [0, 0.05) is 6.20 Å². The summed E-state index contributed by atoms with van der Waals surface area (Å²) in [4.78, 5) is 0. The average Bonchev–Trinajstić information content (AvgIpc) is 3.08. The van der Waals surface area contributed by atoms with E-state index in [1.165, 1.54) is 22.3 Å². The first-order valence-electron chi connectivity index (χ1n) is 6.37. The first kappa shape index (κ1) is 10.4. The van der Waals surface area contributed by atoms with Gasteiger partial charge in [-0.15, -0.1) is 0 Å². The molecule has 92 valence electrons. The molecule has 1 aromatic heterocycles. The maximum Gasteiger partial charge on any atom is 0.0780 e. The molecule has 0 bridgehead atoms. The standard InChI is InChI=1S/C16H13N3/c1-3-7-14-12(5-1)13-6-2-4-8-15(13)16(14)19-11-9-17-18-10-11/h1-10,16,19H,(H,17,18). The Morgan fingerprint density at radius 2 is 1.53 bits per heavy atom. The highest BCUT2D eigenvalue weighted by atomic mass is 15.1. The summed E-state index contributed by atoms with van der Waals surface area (Å²) in [6.07, 6.45) is 3.69. The molecule has 3 heteroatoms. The largest absolute Gasteiger partial charge is 0.372 e. The lowest BCUT2D eigenvalue weighted by Gasteiger charge is -2.15. The molecule has 2 N–H and O–H groups in total.